The van der Waals surface area contributed by atoms with Gasteiger partial charge < -0.3 is 5.32 Å². The zero-order valence-electron chi connectivity index (χ0n) is 13.2. The van der Waals surface area contributed by atoms with Gasteiger partial charge >= 0.3 is 0 Å². The topological polar surface area (TPSA) is 72.0 Å². The Morgan fingerprint density at radius 3 is 2.83 bits per heavy atom. The van der Waals surface area contributed by atoms with Crippen molar-refractivity contribution in [2.24, 2.45) is 0 Å². The second-order valence-electron chi connectivity index (χ2n) is 5.96. The van der Waals surface area contributed by atoms with Gasteiger partial charge in [-0.1, -0.05) is 11.6 Å². The number of hydrogen-bond acceptors (Lipinski definition) is 5. The van der Waals surface area contributed by atoms with Gasteiger partial charge in [-0.2, -0.15) is 0 Å². The smallest absolute Gasteiger partial charge is 0.175 e. The number of anilines is 1. The van der Waals surface area contributed by atoms with E-state index in [2.05, 4.69) is 21.4 Å². The van der Waals surface area contributed by atoms with Crippen LogP contribution in [0.4, 0.5) is 5.82 Å². The largest absolute Gasteiger partial charge is 0.369 e. The maximum atomic E-state index is 11.7. The van der Waals surface area contributed by atoms with E-state index in [0.29, 0.717) is 5.82 Å². The number of aromatic nitrogens is 2. The maximum absolute atomic E-state index is 11.7. The molecule has 1 N–H and O–H groups in total. The van der Waals surface area contributed by atoms with Crippen molar-refractivity contribution in [3.63, 3.8) is 0 Å². The van der Waals surface area contributed by atoms with Crippen molar-refractivity contribution < 1.29 is 8.42 Å². The normalized spacial score (nSPS) is 15.4. The van der Waals surface area contributed by atoms with Crippen LogP contribution in [0.2, 0.25) is 0 Å². The summed E-state index contributed by atoms with van der Waals surface area (Å²) in [5, 5.41) is 4.07. The molecule has 23 heavy (non-hydrogen) atoms. The molecule has 0 aliphatic heterocycles. The van der Waals surface area contributed by atoms with Gasteiger partial charge in [0.05, 0.1) is 10.4 Å². The first-order chi connectivity index (χ1) is 11.0. The summed E-state index contributed by atoms with van der Waals surface area (Å²) in [5.41, 5.74) is 2.24. The molecule has 0 fully saturated rings. The van der Waals surface area contributed by atoms with Crippen molar-refractivity contribution in [2.45, 2.75) is 37.0 Å². The number of benzene rings is 1. The SMILES string of the molecule is CS(=O)(=O)c1ccc2ncnc(NCCC3=CCCCC3)c2c1. The molecule has 0 bridgehead atoms. The van der Waals surface area contributed by atoms with Gasteiger partial charge in [-0.15, -0.1) is 0 Å². The van der Waals surface area contributed by atoms with Gasteiger partial charge in [0.1, 0.15) is 12.1 Å². The van der Waals surface area contributed by atoms with Crippen molar-refractivity contribution in [3.05, 3.63) is 36.2 Å². The molecule has 2 aromatic rings. The van der Waals surface area contributed by atoms with E-state index in [9.17, 15) is 8.42 Å². The van der Waals surface area contributed by atoms with Gasteiger partial charge in [0.25, 0.3) is 0 Å². The number of nitrogens with one attached hydrogen (secondary N) is 1. The summed E-state index contributed by atoms with van der Waals surface area (Å²) < 4.78 is 23.5. The molecule has 1 aromatic carbocycles. The Labute approximate surface area is 136 Å². The number of rotatable bonds is 5. The minimum atomic E-state index is -3.24. The molecule has 1 aliphatic carbocycles. The highest BCUT2D eigenvalue weighted by Gasteiger charge is 2.11. The molecule has 6 heteroatoms. The molecule has 0 atom stereocenters. The monoisotopic (exact) mass is 331 g/mol. The van der Waals surface area contributed by atoms with E-state index in [1.165, 1.54) is 43.8 Å². The molecular weight excluding hydrogens is 310 g/mol. The highest BCUT2D eigenvalue weighted by atomic mass is 32.2. The van der Waals surface area contributed by atoms with Crippen LogP contribution in [0.1, 0.15) is 32.1 Å². The first-order valence-corrected chi connectivity index (χ1v) is 9.80. The average Bonchev–Trinajstić information content (AvgIpc) is 2.55. The molecule has 122 valence electrons. The maximum Gasteiger partial charge on any atom is 0.175 e. The lowest BCUT2D eigenvalue weighted by molar-refractivity contribution is 0.602. The quantitative estimate of drug-likeness (QED) is 0.851. The second-order valence-corrected chi connectivity index (χ2v) is 7.97. The summed E-state index contributed by atoms with van der Waals surface area (Å²) >= 11 is 0. The summed E-state index contributed by atoms with van der Waals surface area (Å²) in [6, 6.07) is 4.95. The Balaban J connectivity index is 1.80. The molecule has 3 rings (SSSR count). The van der Waals surface area contributed by atoms with E-state index in [4.69, 9.17) is 0 Å². The molecule has 0 saturated carbocycles. The third kappa shape index (κ3) is 3.88. The fourth-order valence-electron chi connectivity index (χ4n) is 2.88. The van der Waals surface area contributed by atoms with Crippen molar-refractivity contribution in [1.82, 2.24) is 9.97 Å². The number of nitrogens with zero attached hydrogens (tertiary/aromatic N) is 2. The third-order valence-corrected chi connectivity index (χ3v) is 5.27. The molecule has 0 unspecified atom stereocenters. The van der Waals surface area contributed by atoms with Crippen LogP contribution < -0.4 is 5.32 Å². The van der Waals surface area contributed by atoms with Crippen LogP contribution in [-0.2, 0) is 9.84 Å². The van der Waals surface area contributed by atoms with Gasteiger partial charge in [0.2, 0.25) is 0 Å². The van der Waals surface area contributed by atoms with Crippen molar-refractivity contribution in [2.75, 3.05) is 18.1 Å². The molecule has 1 heterocycles. The van der Waals surface area contributed by atoms with E-state index in [-0.39, 0.29) is 4.90 Å². The Morgan fingerprint density at radius 1 is 1.22 bits per heavy atom. The number of sulfone groups is 1. The lowest BCUT2D eigenvalue weighted by Gasteiger charge is -2.14. The Hall–Kier alpha value is -1.95. The van der Waals surface area contributed by atoms with Crippen LogP contribution >= 0.6 is 0 Å². The average molecular weight is 331 g/mol. The van der Waals surface area contributed by atoms with E-state index < -0.39 is 9.84 Å². The van der Waals surface area contributed by atoms with Crippen LogP contribution in [-0.4, -0.2) is 31.2 Å². The standard InChI is InChI=1S/C17H21N3O2S/c1-23(21,22)14-7-8-16-15(11-14)17(20-12-19-16)18-10-9-13-5-3-2-4-6-13/h5,7-8,11-12H,2-4,6,9-10H2,1H3,(H,18,19,20). The van der Waals surface area contributed by atoms with Crippen LogP contribution in [0.25, 0.3) is 10.9 Å². The molecule has 0 amide bonds. The van der Waals surface area contributed by atoms with E-state index >= 15 is 0 Å². The Morgan fingerprint density at radius 2 is 2.09 bits per heavy atom. The second kappa shape index (κ2) is 6.66. The number of hydrogen-bond donors (Lipinski definition) is 1. The third-order valence-electron chi connectivity index (χ3n) is 4.16. The number of allylic oxidation sites excluding steroid dienone is 1. The van der Waals surface area contributed by atoms with Crippen LogP contribution in [0, 0.1) is 0 Å². The lowest BCUT2D eigenvalue weighted by atomic mass is 9.97. The Bertz CT molecular complexity index is 844. The zero-order chi connectivity index (χ0) is 16.3. The van der Waals surface area contributed by atoms with E-state index in [1.807, 2.05) is 0 Å². The predicted molar refractivity (Wildman–Crippen MR) is 92.3 cm³/mol. The summed E-state index contributed by atoms with van der Waals surface area (Å²) in [7, 11) is -3.24. The summed E-state index contributed by atoms with van der Waals surface area (Å²) in [4.78, 5) is 8.77. The van der Waals surface area contributed by atoms with E-state index in [0.717, 1.165) is 23.9 Å². The van der Waals surface area contributed by atoms with Crippen molar-refractivity contribution in [1.29, 1.82) is 0 Å². The predicted octanol–water partition coefficient (Wildman–Crippen LogP) is 3.34. The van der Waals surface area contributed by atoms with Gasteiger partial charge in [-0.25, -0.2) is 18.4 Å². The molecule has 1 aromatic heterocycles. The minimum Gasteiger partial charge on any atom is -0.369 e. The Kier molecular flexibility index (Phi) is 4.61. The minimum absolute atomic E-state index is 0.290. The zero-order valence-corrected chi connectivity index (χ0v) is 14.1. The number of fused-ring (bicyclic) bond motifs is 1. The summed E-state index contributed by atoms with van der Waals surface area (Å²) in [6.45, 7) is 0.793. The van der Waals surface area contributed by atoms with Gasteiger partial charge in [-0.05, 0) is 50.3 Å². The molecule has 0 spiro atoms. The fraction of sp³-hybridized carbons (Fsp3) is 0.412. The van der Waals surface area contributed by atoms with Gasteiger partial charge in [-0.3, -0.25) is 0 Å². The molecule has 5 nitrogen and oxygen atoms in total. The van der Waals surface area contributed by atoms with Crippen molar-refractivity contribution in [3.8, 4) is 0 Å². The molecule has 0 saturated heterocycles. The highest BCUT2D eigenvalue weighted by Crippen LogP contribution is 2.24. The first kappa shape index (κ1) is 15.9. The molecule has 0 radical (unpaired) electrons. The molecular formula is C17H21N3O2S. The lowest BCUT2D eigenvalue weighted by Crippen LogP contribution is -2.07. The van der Waals surface area contributed by atoms with Gasteiger partial charge in [0, 0.05) is 18.2 Å². The van der Waals surface area contributed by atoms with Crippen LogP contribution in [0.5, 0.6) is 0 Å². The highest BCUT2D eigenvalue weighted by molar-refractivity contribution is 7.90. The first-order valence-electron chi connectivity index (χ1n) is 7.90. The van der Waals surface area contributed by atoms with E-state index in [1.54, 1.807) is 18.2 Å². The molecule has 1 aliphatic rings. The van der Waals surface area contributed by atoms with Gasteiger partial charge in [0.15, 0.2) is 9.84 Å². The van der Waals surface area contributed by atoms with Crippen LogP contribution in [0.15, 0.2) is 41.1 Å². The fourth-order valence-corrected chi connectivity index (χ4v) is 3.53. The summed E-state index contributed by atoms with van der Waals surface area (Å²) in [6.07, 6.45) is 11.0. The summed E-state index contributed by atoms with van der Waals surface area (Å²) in [5.74, 6) is 0.692. The van der Waals surface area contributed by atoms with Crippen molar-refractivity contribution >= 4 is 26.6 Å². The van der Waals surface area contributed by atoms with Crippen LogP contribution in [0.3, 0.4) is 0 Å².